The fraction of sp³-hybridized carbons (Fsp3) is 0.923. The molecule has 21 heavy (non-hydrogen) atoms. The largest absolute Gasteiger partial charge is 0.391 e. The SMILES string of the molecule is C[C@H]1OCCN[C@@H]1C(=O)NC1CCCC(C(F)(F)F)C1.Cl. The summed E-state index contributed by atoms with van der Waals surface area (Å²) in [6, 6.07) is -0.867. The van der Waals surface area contributed by atoms with Crippen molar-refractivity contribution >= 4 is 18.3 Å². The summed E-state index contributed by atoms with van der Waals surface area (Å²) in [6.07, 6.45) is -3.16. The molecule has 4 nitrogen and oxygen atoms in total. The van der Waals surface area contributed by atoms with E-state index in [1.165, 1.54) is 0 Å². The van der Waals surface area contributed by atoms with E-state index >= 15 is 0 Å². The van der Waals surface area contributed by atoms with Crippen molar-refractivity contribution in [3.63, 3.8) is 0 Å². The van der Waals surface area contributed by atoms with E-state index in [1.807, 2.05) is 0 Å². The van der Waals surface area contributed by atoms with Gasteiger partial charge in [-0.25, -0.2) is 0 Å². The van der Waals surface area contributed by atoms with Gasteiger partial charge in [-0.3, -0.25) is 4.79 Å². The topological polar surface area (TPSA) is 50.4 Å². The highest BCUT2D eigenvalue weighted by atomic mass is 35.5. The molecule has 1 amide bonds. The standard InChI is InChI=1S/C13H21F3N2O2.ClH/c1-8-11(17-5-6-20-8)12(19)18-10-4-2-3-9(7-10)13(14,15)16;/h8-11,17H,2-7H2,1H3,(H,18,19);1H/t8-,9?,10?,11+;/m1./s1. The Hall–Kier alpha value is -0.530. The van der Waals surface area contributed by atoms with Crippen LogP contribution in [-0.2, 0) is 9.53 Å². The van der Waals surface area contributed by atoms with E-state index in [9.17, 15) is 18.0 Å². The fourth-order valence-electron chi connectivity index (χ4n) is 2.94. The lowest BCUT2D eigenvalue weighted by atomic mass is 9.85. The lowest BCUT2D eigenvalue weighted by Gasteiger charge is -2.34. The Balaban J connectivity index is 0.00000220. The highest BCUT2D eigenvalue weighted by Gasteiger charge is 2.42. The Morgan fingerprint density at radius 2 is 2.05 bits per heavy atom. The third-order valence-corrected chi connectivity index (χ3v) is 4.08. The first-order chi connectivity index (χ1) is 9.38. The first kappa shape index (κ1) is 18.5. The molecular formula is C13H22ClF3N2O2. The minimum Gasteiger partial charge on any atom is -0.375 e. The number of carbonyl (C=O) groups excluding carboxylic acids is 1. The molecule has 0 aromatic carbocycles. The number of morpholine rings is 1. The molecule has 2 rings (SSSR count). The third kappa shape index (κ3) is 5.00. The Bertz CT molecular complexity index is 355. The number of hydrogen-bond acceptors (Lipinski definition) is 3. The van der Waals surface area contributed by atoms with Crippen molar-refractivity contribution in [3.05, 3.63) is 0 Å². The molecule has 1 aliphatic heterocycles. The molecule has 0 spiro atoms. The van der Waals surface area contributed by atoms with Crippen LogP contribution in [0.5, 0.6) is 0 Å². The number of amides is 1. The summed E-state index contributed by atoms with van der Waals surface area (Å²) in [5.41, 5.74) is 0. The van der Waals surface area contributed by atoms with Gasteiger partial charge in [0.25, 0.3) is 0 Å². The summed E-state index contributed by atoms with van der Waals surface area (Å²) in [5.74, 6) is -1.56. The van der Waals surface area contributed by atoms with Crippen molar-refractivity contribution in [3.8, 4) is 0 Å². The van der Waals surface area contributed by atoms with Crippen LogP contribution >= 0.6 is 12.4 Å². The van der Waals surface area contributed by atoms with Crippen LogP contribution in [0, 0.1) is 5.92 Å². The van der Waals surface area contributed by atoms with E-state index in [4.69, 9.17) is 4.74 Å². The molecule has 0 bridgehead atoms. The van der Waals surface area contributed by atoms with Gasteiger partial charge in [-0.2, -0.15) is 13.2 Å². The molecule has 0 radical (unpaired) electrons. The smallest absolute Gasteiger partial charge is 0.375 e. The van der Waals surface area contributed by atoms with E-state index in [-0.39, 0.29) is 43.3 Å². The number of ether oxygens (including phenoxy) is 1. The van der Waals surface area contributed by atoms with Crippen LogP contribution in [0.15, 0.2) is 0 Å². The molecule has 8 heteroatoms. The van der Waals surface area contributed by atoms with Crippen LogP contribution < -0.4 is 10.6 Å². The predicted octanol–water partition coefficient (Wildman–Crippen LogP) is 2.02. The van der Waals surface area contributed by atoms with Crippen molar-refractivity contribution in [1.29, 1.82) is 0 Å². The lowest BCUT2D eigenvalue weighted by molar-refractivity contribution is -0.184. The maximum absolute atomic E-state index is 12.7. The van der Waals surface area contributed by atoms with Crippen LogP contribution in [0.25, 0.3) is 0 Å². The predicted molar refractivity (Wildman–Crippen MR) is 74.4 cm³/mol. The molecule has 124 valence electrons. The number of carbonyl (C=O) groups is 1. The summed E-state index contributed by atoms with van der Waals surface area (Å²) >= 11 is 0. The minimum absolute atomic E-state index is 0. The zero-order valence-electron chi connectivity index (χ0n) is 11.9. The van der Waals surface area contributed by atoms with Gasteiger partial charge >= 0.3 is 6.18 Å². The number of rotatable bonds is 2. The van der Waals surface area contributed by atoms with Gasteiger partial charge in [0.2, 0.25) is 5.91 Å². The quantitative estimate of drug-likeness (QED) is 0.814. The first-order valence-corrected chi connectivity index (χ1v) is 7.10. The summed E-state index contributed by atoms with van der Waals surface area (Å²) in [4.78, 5) is 12.1. The second-order valence-corrected chi connectivity index (χ2v) is 5.62. The average molecular weight is 331 g/mol. The molecular weight excluding hydrogens is 309 g/mol. The first-order valence-electron chi connectivity index (χ1n) is 7.10. The van der Waals surface area contributed by atoms with Crippen LogP contribution in [0.2, 0.25) is 0 Å². The summed E-state index contributed by atoms with van der Waals surface area (Å²) < 4.78 is 43.5. The van der Waals surface area contributed by atoms with Gasteiger partial charge in [-0.1, -0.05) is 6.42 Å². The molecule has 4 atom stereocenters. The minimum atomic E-state index is -4.16. The molecule has 0 aromatic rings. The number of alkyl halides is 3. The van der Waals surface area contributed by atoms with E-state index in [2.05, 4.69) is 10.6 Å². The van der Waals surface area contributed by atoms with Crippen LogP contribution in [-0.4, -0.2) is 43.4 Å². The molecule has 2 unspecified atom stereocenters. The lowest BCUT2D eigenvalue weighted by Crippen LogP contribution is -2.57. The zero-order valence-corrected chi connectivity index (χ0v) is 12.7. The molecule has 2 fully saturated rings. The van der Waals surface area contributed by atoms with Crippen molar-refractivity contribution in [1.82, 2.24) is 10.6 Å². The molecule has 1 saturated carbocycles. The van der Waals surface area contributed by atoms with Gasteiger partial charge in [-0.05, 0) is 26.2 Å². The molecule has 2 aliphatic rings. The fourth-order valence-corrected chi connectivity index (χ4v) is 2.94. The monoisotopic (exact) mass is 330 g/mol. The highest BCUT2D eigenvalue weighted by Crippen LogP contribution is 2.37. The van der Waals surface area contributed by atoms with Crippen molar-refractivity contribution in [2.45, 2.75) is 57.0 Å². The van der Waals surface area contributed by atoms with E-state index < -0.39 is 18.1 Å². The molecule has 1 aliphatic carbocycles. The highest BCUT2D eigenvalue weighted by molar-refractivity contribution is 5.85. The van der Waals surface area contributed by atoms with Gasteiger partial charge in [0.1, 0.15) is 6.04 Å². The summed E-state index contributed by atoms with van der Waals surface area (Å²) in [5, 5.41) is 5.78. The number of halogens is 4. The van der Waals surface area contributed by atoms with Crippen LogP contribution in [0.4, 0.5) is 13.2 Å². The summed E-state index contributed by atoms with van der Waals surface area (Å²) in [6.45, 7) is 2.92. The second-order valence-electron chi connectivity index (χ2n) is 5.62. The Labute approximate surface area is 128 Å². The molecule has 2 N–H and O–H groups in total. The van der Waals surface area contributed by atoms with Gasteiger partial charge < -0.3 is 15.4 Å². The third-order valence-electron chi connectivity index (χ3n) is 4.08. The Morgan fingerprint density at radius 1 is 1.33 bits per heavy atom. The second kappa shape index (κ2) is 7.65. The zero-order chi connectivity index (χ0) is 14.8. The van der Waals surface area contributed by atoms with Gasteiger partial charge in [-0.15, -0.1) is 12.4 Å². The maximum Gasteiger partial charge on any atom is 0.391 e. The normalized spacial score (nSPS) is 33.9. The van der Waals surface area contributed by atoms with Crippen molar-refractivity contribution in [2.75, 3.05) is 13.2 Å². The van der Waals surface area contributed by atoms with Crippen molar-refractivity contribution in [2.24, 2.45) is 5.92 Å². The van der Waals surface area contributed by atoms with E-state index in [0.29, 0.717) is 26.0 Å². The molecule has 1 saturated heterocycles. The van der Waals surface area contributed by atoms with E-state index in [1.54, 1.807) is 6.92 Å². The van der Waals surface area contributed by atoms with Crippen LogP contribution in [0.1, 0.15) is 32.6 Å². The van der Waals surface area contributed by atoms with E-state index in [0.717, 1.165) is 0 Å². The van der Waals surface area contributed by atoms with Crippen LogP contribution in [0.3, 0.4) is 0 Å². The number of nitrogens with one attached hydrogen (secondary N) is 2. The van der Waals surface area contributed by atoms with Crippen molar-refractivity contribution < 1.29 is 22.7 Å². The Morgan fingerprint density at radius 3 is 2.67 bits per heavy atom. The van der Waals surface area contributed by atoms with Gasteiger partial charge in [0.05, 0.1) is 18.6 Å². The molecule has 0 aromatic heterocycles. The molecule has 1 heterocycles. The van der Waals surface area contributed by atoms with Gasteiger partial charge in [0.15, 0.2) is 0 Å². The number of hydrogen-bond donors (Lipinski definition) is 2. The maximum atomic E-state index is 12.7. The average Bonchev–Trinajstić information content (AvgIpc) is 2.38. The van der Waals surface area contributed by atoms with Gasteiger partial charge in [0, 0.05) is 12.6 Å². The Kier molecular flexibility index (Phi) is 6.74. The summed E-state index contributed by atoms with van der Waals surface area (Å²) in [7, 11) is 0.